The van der Waals surface area contributed by atoms with E-state index in [2.05, 4.69) is 5.32 Å². The molecule has 7 nitrogen and oxygen atoms in total. The molecule has 2 aliphatic heterocycles. The summed E-state index contributed by atoms with van der Waals surface area (Å²) in [5.74, 6) is -0.331. The molecule has 2 heterocycles. The van der Waals surface area contributed by atoms with Gasteiger partial charge in [-0.25, -0.2) is 9.59 Å². The van der Waals surface area contributed by atoms with Crippen LogP contribution in [0.25, 0.3) is 10.8 Å². The Hall–Kier alpha value is -3.35. The molecule has 0 spiro atoms. The van der Waals surface area contributed by atoms with E-state index >= 15 is 0 Å². The van der Waals surface area contributed by atoms with E-state index in [4.69, 9.17) is 0 Å². The zero-order chi connectivity index (χ0) is 20.7. The van der Waals surface area contributed by atoms with Gasteiger partial charge in [-0.05, 0) is 23.8 Å². The topological polar surface area (TPSA) is 73.0 Å². The van der Waals surface area contributed by atoms with Gasteiger partial charge in [-0.2, -0.15) is 0 Å². The Bertz CT molecular complexity index is 1010. The molecule has 7 heteroatoms. The Morgan fingerprint density at radius 1 is 1.07 bits per heavy atom. The second-order valence-electron chi connectivity index (χ2n) is 7.69. The number of nitrogens with one attached hydrogen (secondary N) is 1. The van der Waals surface area contributed by atoms with Crippen LogP contribution in [0.3, 0.4) is 0 Å². The molecule has 3 atom stereocenters. The predicted molar refractivity (Wildman–Crippen MR) is 111 cm³/mol. The lowest BCUT2D eigenvalue weighted by atomic mass is 9.89. The molecule has 2 aromatic rings. The molecule has 0 aliphatic carbocycles. The first-order valence-electron chi connectivity index (χ1n) is 9.68. The maximum atomic E-state index is 13.3. The summed E-state index contributed by atoms with van der Waals surface area (Å²) in [6.45, 7) is 2.00. The number of rotatable bonds is 1. The van der Waals surface area contributed by atoms with Crippen LogP contribution in [0.2, 0.25) is 0 Å². The minimum absolute atomic E-state index is 0.0400. The Labute approximate surface area is 169 Å². The molecule has 1 saturated heterocycles. The zero-order valence-electron chi connectivity index (χ0n) is 16.7. The molecule has 2 aliphatic rings. The number of allylic oxidation sites excluding steroid dienone is 1. The van der Waals surface area contributed by atoms with Crippen LogP contribution in [0.4, 0.5) is 15.3 Å². The van der Waals surface area contributed by atoms with Crippen molar-refractivity contribution < 1.29 is 14.4 Å². The van der Waals surface area contributed by atoms with E-state index < -0.39 is 12.1 Å². The summed E-state index contributed by atoms with van der Waals surface area (Å²) >= 11 is 0. The van der Waals surface area contributed by atoms with E-state index in [-0.39, 0.29) is 23.9 Å². The van der Waals surface area contributed by atoms with E-state index in [9.17, 15) is 14.4 Å². The van der Waals surface area contributed by atoms with Gasteiger partial charge in [0.25, 0.3) is 5.91 Å². The molecular weight excluding hydrogens is 368 g/mol. The van der Waals surface area contributed by atoms with Crippen LogP contribution < -0.4 is 5.32 Å². The lowest BCUT2D eigenvalue weighted by molar-refractivity contribution is -0.137. The van der Waals surface area contributed by atoms with Gasteiger partial charge >= 0.3 is 12.1 Å². The van der Waals surface area contributed by atoms with Crippen molar-refractivity contribution in [2.24, 2.45) is 5.92 Å². The largest absolute Gasteiger partial charge is 0.326 e. The fourth-order valence-electron chi connectivity index (χ4n) is 4.32. The molecule has 1 N–H and O–H groups in total. The number of carbonyl (C=O) groups excluding carboxylic acids is 3. The Morgan fingerprint density at radius 3 is 2.59 bits per heavy atom. The van der Waals surface area contributed by atoms with Crippen molar-refractivity contribution in [3.63, 3.8) is 0 Å². The highest BCUT2D eigenvalue weighted by atomic mass is 16.2. The molecule has 29 heavy (non-hydrogen) atoms. The quantitative estimate of drug-likeness (QED) is 0.807. The van der Waals surface area contributed by atoms with Crippen LogP contribution in [0, 0.1) is 5.92 Å². The van der Waals surface area contributed by atoms with E-state index in [1.165, 1.54) is 11.9 Å². The number of anilines is 1. The van der Waals surface area contributed by atoms with Gasteiger partial charge in [-0.1, -0.05) is 49.4 Å². The summed E-state index contributed by atoms with van der Waals surface area (Å²) in [6.07, 6.45) is 4.22. The third kappa shape index (κ3) is 3.12. The second kappa shape index (κ2) is 7.24. The van der Waals surface area contributed by atoms with Crippen molar-refractivity contribution in [1.29, 1.82) is 0 Å². The molecule has 0 bridgehead atoms. The number of fused-ring (bicyclic) bond motifs is 2. The van der Waals surface area contributed by atoms with E-state index in [0.29, 0.717) is 12.1 Å². The lowest BCUT2D eigenvalue weighted by Crippen LogP contribution is -2.68. The van der Waals surface area contributed by atoms with Crippen molar-refractivity contribution in [3.05, 3.63) is 54.7 Å². The number of imide groups is 1. The number of benzene rings is 2. The van der Waals surface area contributed by atoms with Crippen molar-refractivity contribution in [2.45, 2.75) is 25.4 Å². The van der Waals surface area contributed by atoms with Crippen LogP contribution in [-0.4, -0.2) is 58.8 Å². The third-order valence-corrected chi connectivity index (χ3v) is 5.87. The molecule has 2 aromatic carbocycles. The highest BCUT2D eigenvalue weighted by molar-refractivity contribution is 6.05. The summed E-state index contributed by atoms with van der Waals surface area (Å²) in [5.41, 5.74) is 0.677. The number of hydrogen-bond donors (Lipinski definition) is 1. The maximum absolute atomic E-state index is 13.3. The van der Waals surface area contributed by atoms with Crippen LogP contribution in [0.15, 0.2) is 54.7 Å². The first kappa shape index (κ1) is 19.0. The second-order valence-corrected chi connectivity index (χ2v) is 7.69. The highest BCUT2D eigenvalue weighted by Gasteiger charge is 2.49. The van der Waals surface area contributed by atoms with Crippen LogP contribution >= 0.6 is 0 Å². The Kier molecular flexibility index (Phi) is 4.74. The minimum Gasteiger partial charge on any atom is -0.321 e. The zero-order valence-corrected chi connectivity index (χ0v) is 16.7. The molecule has 0 aromatic heterocycles. The molecule has 0 saturated carbocycles. The van der Waals surface area contributed by atoms with Gasteiger partial charge in [0.05, 0.1) is 11.7 Å². The SMILES string of the molecule is CC1CC=CN(C(=O)Nc2cccc3ccccc23)C2C(=O)N(C)C(=O)N(C)C12. The van der Waals surface area contributed by atoms with Crippen LogP contribution in [0.5, 0.6) is 0 Å². The first-order valence-corrected chi connectivity index (χ1v) is 9.68. The molecule has 4 rings (SSSR count). The minimum atomic E-state index is -0.772. The molecule has 5 amide bonds. The third-order valence-electron chi connectivity index (χ3n) is 5.87. The number of amides is 5. The van der Waals surface area contributed by atoms with Gasteiger partial charge in [-0.15, -0.1) is 0 Å². The van der Waals surface area contributed by atoms with Gasteiger partial charge in [0.2, 0.25) is 0 Å². The Morgan fingerprint density at radius 2 is 1.79 bits per heavy atom. The van der Waals surface area contributed by atoms with Gasteiger partial charge in [0, 0.05) is 25.7 Å². The summed E-state index contributed by atoms with van der Waals surface area (Å²) in [7, 11) is 3.14. The summed E-state index contributed by atoms with van der Waals surface area (Å²) in [5, 5.41) is 4.89. The monoisotopic (exact) mass is 392 g/mol. The molecule has 0 radical (unpaired) electrons. The lowest BCUT2D eigenvalue weighted by Gasteiger charge is -2.46. The van der Waals surface area contributed by atoms with E-state index in [0.717, 1.165) is 15.7 Å². The molecule has 150 valence electrons. The van der Waals surface area contributed by atoms with Crippen molar-refractivity contribution >= 4 is 34.4 Å². The number of urea groups is 2. The van der Waals surface area contributed by atoms with Gasteiger partial charge < -0.3 is 10.2 Å². The summed E-state index contributed by atoms with van der Waals surface area (Å²) < 4.78 is 0. The fourth-order valence-corrected chi connectivity index (χ4v) is 4.32. The van der Waals surface area contributed by atoms with Crippen LogP contribution in [-0.2, 0) is 4.79 Å². The van der Waals surface area contributed by atoms with E-state index in [1.807, 2.05) is 55.5 Å². The number of likely N-dealkylation sites (N-methyl/N-ethyl adjacent to an activating group) is 2. The van der Waals surface area contributed by atoms with Gasteiger partial charge in [0.1, 0.15) is 6.04 Å². The average Bonchev–Trinajstić information content (AvgIpc) is 2.90. The van der Waals surface area contributed by atoms with Gasteiger partial charge in [-0.3, -0.25) is 14.6 Å². The molecular formula is C22H24N4O3. The van der Waals surface area contributed by atoms with Crippen molar-refractivity contribution in [1.82, 2.24) is 14.7 Å². The normalized spacial score (nSPS) is 24.5. The number of nitrogens with zero attached hydrogens (tertiary/aromatic N) is 3. The Balaban J connectivity index is 1.69. The van der Waals surface area contributed by atoms with Crippen LogP contribution in [0.1, 0.15) is 13.3 Å². The predicted octanol–water partition coefficient (Wildman–Crippen LogP) is 3.49. The maximum Gasteiger partial charge on any atom is 0.326 e. The number of carbonyl (C=O) groups is 3. The van der Waals surface area contributed by atoms with Gasteiger partial charge in [0.15, 0.2) is 0 Å². The molecule has 1 fully saturated rings. The summed E-state index contributed by atoms with van der Waals surface area (Å²) in [4.78, 5) is 42.8. The first-order chi connectivity index (χ1) is 13.9. The number of hydrogen-bond acceptors (Lipinski definition) is 3. The highest BCUT2D eigenvalue weighted by Crippen LogP contribution is 2.31. The average molecular weight is 392 g/mol. The van der Waals surface area contributed by atoms with Crippen molar-refractivity contribution in [2.75, 3.05) is 19.4 Å². The van der Waals surface area contributed by atoms with Crippen molar-refractivity contribution in [3.8, 4) is 0 Å². The summed E-state index contributed by atoms with van der Waals surface area (Å²) in [6, 6.07) is 11.6. The fraction of sp³-hybridized carbons (Fsp3) is 0.318. The van der Waals surface area contributed by atoms with E-state index in [1.54, 1.807) is 18.1 Å². The standard InChI is InChI=1S/C22H24N4O3/c1-14-8-7-13-26(19-18(14)24(2)22(29)25(3)20(19)27)21(28)23-17-12-6-10-15-9-4-5-11-16(15)17/h4-7,9-14,18-19H,8H2,1-3H3,(H,23,28). The smallest absolute Gasteiger partial charge is 0.321 e. The molecule has 3 unspecified atom stereocenters.